The minimum absolute atomic E-state index is 0.0426. The predicted molar refractivity (Wildman–Crippen MR) is 104 cm³/mol. The summed E-state index contributed by atoms with van der Waals surface area (Å²) in [4.78, 5) is -0.346. The van der Waals surface area contributed by atoms with Crippen LogP contribution in [0.5, 0.6) is 5.75 Å². The number of ether oxygens (including phenoxy) is 1. The Balaban J connectivity index is 1.92. The molecule has 0 N–H and O–H groups in total. The van der Waals surface area contributed by atoms with E-state index in [0.29, 0.717) is 16.9 Å². The zero-order valence-electron chi connectivity index (χ0n) is 14.7. The van der Waals surface area contributed by atoms with Gasteiger partial charge in [0.15, 0.2) is 0 Å². The van der Waals surface area contributed by atoms with Crippen LogP contribution >= 0.6 is 0 Å². The Labute approximate surface area is 163 Å². The summed E-state index contributed by atoms with van der Waals surface area (Å²) in [5.41, 5.74) is 1.08. The summed E-state index contributed by atoms with van der Waals surface area (Å²) in [6.07, 6.45) is 1.28. The van der Waals surface area contributed by atoms with Crippen molar-refractivity contribution in [2.75, 3.05) is 0 Å². The molecule has 3 aromatic rings. The van der Waals surface area contributed by atoms with Crippen molar-refractivity contribution in [1.82, 2.24) is 0 Å². The van der Waals surface area contributed by atoms with Gasteiger partial charge in [0, 0.05) is 5.56 Å². The van der Waals surface area contributed by atoms with Crippen LogP contribution in [0.1, 0.15) is 11.1 Å². The highest BCUT2D eigenvalue weighted by Gasteiger charge is 2.21. The molecule has 6 heteroatoms. The van der Waals surface area contributed by atoms with Gasteiger partial charge >= 0.3 is 0 Å². The summed E-state index contributed by atoms with van der Waals surface area (Å²) in [6, 6.07) is 22.3. The molecule has 3 rings (SSSR count). The van der Waals surface area contributed by atoms with Crippen molar-refractivity contribution >= 4 is 15.9 Å². The van der Waals surface area contributed by atoms with E-state index in [2.05, 4.69) is 0 Å². The van der Waals surface area contributed by atoms with Gasteiger partial charge in [-0.25, -0.2) is 12.8 Å². The van der Waals surface area contributed by atoms with Crippen LogP contribution in [0.15, 0.2) is 88.7 Å². The standard InChI is InChI=1S/C22H16FNO3S/c23-19-9-6-7-17(13-19)16-27-22-12-5-4-8-18(22)14-21(15-24)28(25,26)20-10-2-1-3-11-20/h1-14H,16H2/b21-14+. The van der Waals surface area contributed by atoms with Gasteiger partial charge in [-0.1, -0.05) is 48.5 Å². The highest BCUT2D eigenvalue weighted by Crippen LogP contribution is 2.26. The molecule has 0 aliphatic rings. The molecule has 4 nitrogen and oxygen atoms in total. The SMILES string of the molecule is N#C/C(=C\c1ccccc1OCc1cccc(F)c1)S(=O)(=O)c1ccccc1. The molecule has 0 aliphatic carbocycles. The summed E-state index contributed by atoms with van der Waals surface area (Å²) in [6.45, 7) is 0.107. The van der Waals surface area contributed by atoms with Crippen molar-refractivity contribution in [1.29, 1.82) is 5.26 Å². The molecule has 0 bridgehead atoms. The third kappa shape index (κ3) is 4.45. The molecule has 0 radical (unpaired) electrons. The van der Waals surface area contributed by atoms with E-state index in [1.807, 2.05) is 0 Å². The molecule has 140 valence electrons. The topological polar surface area (TPSA) is 67.2 Å². The number of hydrogen-bond acceptors (Lipinski definition) is 4. The van der Waals surface area contributed by atoms with E-state index in [0.717, 1.165) is 0 Å². The number of nitriles is 1. The first-order chi connectivity index (χ1) is 13.5. The van der Waals surface area contributed by atoms with Gasteiger partial charge in [-0.2, -0.15) is 5.26 Å². The normalized spacial score (nSPS) is 11.6. The molecule has 0 aliphatic heterocycles. The van der Waals surface area contributed by atoms with Crippen LogP contribution in [-0.2, 0) is 16.4 Å². The lowest BCUT2D eigenvalue weighted by molar-refractivity contribution is 0.305. The minimum Gasteiger partial charge on any atom is -0.488 e. The molecule has 0 amide bonds. The van der Waals surface area contributed by atoms with Crippen molar-refractivity contribution in [3.63, 3.8) is 0 Å². The first-order valence-corrected chi connectivity index (χ1v) is 9.87. The van der Waals surface area contributed by atoms with Crippen molar-refractivity contribution in [2.45, 2.75) is 11.5 Å². The second-order valence-electron chi connectivity index (χ2n) is 5.89. The van der Waals surface area contributed by atoms with E-state index in [9.17, 15) is 18.1 Å². The summed E-state index contributed by atoms with van der Waals surface area (Å²) in [7, 11) is -3.94. The molecule has 0 saturated carbocycles. The van der Waals surface area contributed by atoms with Gasteiger partial charge in [-0.3, -0.25) is 0 Å². The summed E-state index contributed by atoms with van der Waals surface area (Å²) in [5.74, 6) is 0.0257. The molecule has 0 heterocycles. The van der Waals surface area contributed by atoms with Crippen LogP contribution < -0.4 is 4.74 Å². The van der Waals surface area contributed by atoms with Crippen molar-refractivity contribution in [2.24, 2.45) is 0 Å². The number of sulfone groups is 1. The van der Waals surface area contributed by atoms with Gasteiger partial charge < -0.3 is 4.74 Å². The number of halogens is 1. The summed E-state index contributed by atoms with van der Waals surface area (Å²) in [5, 5.41) is 9.43. The van der Waals surface area contributed by atoms with Gasteiger partial charge in [0.2, 0.25) is 9.84 Å². The maximum absolute atomic E-state index is 13.3. The number of rotatable bonds is 6. The number of benzene rings is 3. The first-order valence-electron chi connectivity index (χ1n) is 8.39. The zero-order valence-corrected chi connectivity index (χ0v) is 15.6. The van der Waals surface area contributed by atoms with E-state index in [1.54, 1.807) is 60.7 Å². The van der Waals surface area contributed by atoms with Crippen molar-refractivity contribution in [3.8, 4) is 11.8 Å². The first kappa shape index (κ1) is 19.3. The minimum atomic E-state index is -3.94. The van der Waals surface area contributed by atoms with Crippen LogP contribution in [-0.4, -0.2) is 8.42 Å². The smallest absolute Gasteiger partial charge is 0.216 e. The lowest BCUT2D eigenvalue weighted by atomic mass is 10.2. The van der Waals surface area contributed by atoms with Gasteiger partial charge in [0.05, 0.1) is 4.90 Å². The van der Waals surface area contributed by atoms with Crippen LogP contribution in [0, 0.1) is 17.1 Å². The van der Waals surface area contributed by atoms with Crippen LogP contribution in [0.2, 0.25) is 0 Å². The average molecular weight is 393 g/mol. The molecule has 0 saturated heterocycles. The third-order valence-electron chi connectivity index (χ3n) is 3.94. The fourth-order valence-corrected chi connectivity index (χ4v) is 3.73. The summed E-state index contributed by atoms with van der Waals surface area (Å²) >= 11 is 0. The molecule has 0 atom stereocenters. The van der Waals surface area contributed by atoms with Crippen molar-refractivity contribution < 1.29 is 17.5 Å². The van der Waals surface area contributed by atoms with E-state index in [4.69, 9.17) is 4.74 Å². The lowest BCUT2D eigenvalue weighted by Crippen LogP contribution is -2.04. The number of allylic oxidation sites excluding steroid dienone is 1. The highest BCUT2D eigenvalue weighted by atomic mass is 32.2. The van der Waals surface area contributed by atoms with Crippen LogP contribution in [0.25, 0.3) is 6.08 Å². The fourth-order valence-electron chi connectivity index (χ4n) is 2.56. The molecule has 28 heavy (non-hydrogen) atoms. The van der Waals surface area contributed by atoms with E-state index in [1.165, 1.54) is 30.3 Å². The fraction of sp³-hybridized carbons (Fsp3) is 0.0455. The van der Waals surface area contributed by atoms with E-state index < -0.39 is 9.84 Å². The second-order valence-corrected chi connectivity index (χ2v) is 7.81. The van der Waals surface area contributed by atoms with E-state index in [-0.39, 0.29) is 22.2 Å². The molecule has 0 spiro atoms. The Kier molecular flexibility index (Phi) is 5.87. The van der Waals surface area contributed by atoms with Crippen LogP contribution in [0.3, 0.4) is 0 Å². The molecule has 0 fully saturated rings. The van der Waals surface area contributed by atoms with Gasteiger partial charge in [0.1, 0.15) is 29.1 Å². The highest BCUT2D eigenvalue weighted by molar-refractivity contribution is 7.95. The Bertz CT molecular complexity index is 1150. The van der Waals surface area contributed by atoms with E-state index >= 15 is 0 Å². The predicted octanol–water partition coefficient (Wildman–Crippen LogP) is 4.74. The maximum atomic E-state index is 13.3. The Morgan fingerprint density at radius 3 is 2.43 bits per heavy atom. The Hall–Kier alpha value is -3.43. The number of hydrogen-bond donors (Lipinski definition) is 0. The molecule has 0 aromatic heterocycles. The Morgan fingerprint density at radius 2 is 1.71 bits per heavy atom. The average Bonchev–Trinajstić information content (AvgIpc) is 2.71. The lowest BCUT2D eigenvalue weighted by Gasteiger charge is -2.10. The maximum Gasteiger partial charge on any atom is 0.216 e. The number of para-hydroxylation sites is 1. The summed E-state index contributed by atoms with van der Waals surface area (Å²) < 4.78 is 44.5. The molecular formula is C22H16FNO3S. The third-order valence-corrected chi connectivity index (χ3v) is 5.62. The quantitative estimate of drug-likeness (QED) is 0.567. The van der Waals surface area contributed by atoms with Gasteiger partial charge in [-0.05, 0) is 42.0 Å². The molecule has 3 aromatic carbocycles. The monoisotopic (exact) mass is 393 g/mol. The Morgan fingerprint density at radius 1 is 1.00 bits per heavy atom. The van der Waals surface area contributed by atoms with Gasteiger partial charge in [0.25, 0.3) is 0 Å². The van der Waals surface area contributed by atoms with Crippen molar-refractivity contribution in [3.05, 3.63) is 101 Å². The zero-order chi connectivity index (χ0) is 20.0. The number of nitrogens with zero attached hydrogens (tertiary/aromatic N) is 1. The van der Waals surface area contributed by atoms with Crippen LogP contribution in [0.4, 0.5) is 4.39 Å². The van der Waals surface area contributed by atoms with Gasteiger partial charge in [-0.15, -0.1) is 0 Å². The second kappa shape index (κ2) is 8.51. The molecular weight excluding hydrogens is 377 g/mol. The molecule has 0 unspecified atom stereocenters. The largest absolute Gasteiger partial charge is 0.488 e.